The minimum Gasteiger partial charge on any atom is -0.493 e. The second kappa shape index (κ2) is 6.92. The summed E-state index contributed by atoms with van der Waals surface area (Å²) in [5, 5.41) is 12.6. The SMILES string of the molecule is COc1cc2c(cc1OCc1ccccc1)NC(=O)[C@@H]1C[C@@H](O)CN1C2=O. The van der Waals surface area contributed by atoms with Crippen LogP contribution in [0, 0.1) is 0 Å². The van der Waals surface area contributed by atoms with Gasteiger partial charge in [-0.1, -0.05) is 30.3 Å². The molecule has 2 aliphatic heterocycles. The van der Waals surface area contributed by atoms with Crippen molar-refractivity contribution in [3.05, 3.63) is 53.6 Å². The lowest BCUT2D eigenvalue weighted by atomic mass is 10.1. The summed E-state index contributed by atoms with van der Waals surface area (Å²) in [6.45, 7) is 0.476. The smallest absolute Gasteiger partial charge is 0.256 e. The zero-order valence-corrected chi connectivity index (χ0v) is 14.8. The van der Waals surface area contributed by atoms with E-state index in [0.717, 1.165) is 5.56 Å². The van der Waals surface area contributed by atoms with Gasteiger partial charge < -0.3 is 24.8 Å². The van der Waals surface area contributed by atoms with Crippen molar-refractivity contribution >= 4 is 17.5 Å². The molecule has 140 valence electrons. The molecule has 0 aliphatic carbocycles. The number of amides is 2. The van der Waals surface area contributed by atoms with Gasteiger partial charge in [-0.05, 0) is 11.6 Å². The number of aliphatic hydroxyl groups is 1. The van der Waals surface area contributed by atoms with Gasteiger partial charge in [0, 0.05) is 19.0 Å². The minimum atomic E-state index is -0.693. The Morgan fingerprint density at radius 1 is 1.19 bits per heavy atom. The van der Waals surface area contributed by atoms with Gasteiger partial charge in [-0.25, -0.2) is 0 Å². The summed E-state index contributed by atoms with van der Waals surface area (Å²) in [6.07, 6.45) is -0.457. The van der Waals surface area contributed by atoms with Crippen LogP contribution >= 0.6 is 0 Å². The molecular weight excluding hydrogens is 348 g/mol. The van der Waals surface area contributed by atoms with Gasteiger partial charge in [0.25, 0.3) is 5.91 Å². The normalized spacial score (nSPS) is 21.2. The van der Waals surface area contributed by atoms with Gasteiger partial charge in [-0.15, -0.1) is 0 Å². The van der Waals surface area contributed by atoms with Crippen molar-refractivity contribution in [1.29, 1.82) is 0 Å². The third-order valence-electron chi connectivity index (χ3n) is 4.87. The number of fused-ring (bicyclic) bond motifs is 2. The third-order valence-corrected chi connectivity index (χ3v) is 4.87. The van der Waals surface area contributed by atoms with Crippen LogP contribution in [0.25, 0.3) is 0 Å². The van der Waals surface area contributed by atoms with Gasteiger partial charge >= 0.3 is 0 Å². The number of aliphatic hydroxyl groups excluding tert-OH is 1. The molecule has 4 rings (SSSR count). The van der Waals surface area contributed by atoms with Crippen LogP contribution in [0.3, 0.4) is 0 Å². The molecule has 0 saturated carbocycles. The van der Waals surface area contributed by atoms with Gasteiger partial charge in [-0.3, -0.25) is 9.59 Å². The van der Waals surface area contributed by atoms with Crippen molar-refractivity contribution in [1.82, 2.24) is 4.90 Å². The van der Waals surface area contributed by atoms with E-state index in [4.69, 9.17) is 9.47 Å². The summed E-state index contributed by atoms with van der Waals surface area (Å²) < 4.78 is 11.3. The van der Waals surface area contributed by atoms with Crippen molar-refractivity contribution in [3.8, 4) is 11.5 Å². The number of hydrogen-bond donors (Lipinski definition) is 2. The van der Waals surface area contributed by atoms with Crippen molar-refractivity contribution in [3.63, 3.8) is 0 Å². The summed E-state index contributed by atoms with van der Waals surface area (Å²) in [7, 11) is 1.50. The highest BCUT2D eigenvalue weighted by Gasteiger charge is 2.42. The molecule has 0 unspecified atom stereocenters. The number of carbonyl (C=O) groups is 2. The maximum atomic E-state index is 12.9. The number of benzene rings is 2. The largest absolute Gasteiger partial charge is 0.493 e. The molecule has 1 saturated heterocycles. The molecule has 2 N–H and O–H groups in total. The van der Waals surface area contributed by atoms with Gasteiger partial charge in [0.15, 0.2) is 11.5 Å². The summed E-state index contributed by atoms with van der Waals surface area (Å²) in [6, 6.07) is 12.2. The first kappa shape index (κ1) is 17.4. The Kier molecular flexibility index (Phi) is 4.45. The fraction of sp³-hybridized carbons (Fsp3) is 0.300. The summed E-state index contributed by atoms with van der Waals surface area (Å²) >= 11 is 0. The van der Waals surface area contributed by atoms with Gasteiger partial charge in [0.05, 0.1) is 24.5 Å². The highest BCUT2D eigenvalue weighted by atomic mass is 16.5. The van der Waals surface area contributed by atoms with Crippen LogP contribution in [0.1, 0.15) is 22.3 Å². The van der Waals surface area contributed by atoms with E-state index in [0.29, 0.717) is 29.4 Å². The van der Waals surface area contributed by atoms with E-state index >= 15 is 0 Å². The monoisotopic (exact) mass is 368 g/mol. The quantitative estimate of drug-likeness (QED) is 0.859. The molecule has 27 heavy (non-hydrogen) atoms. The van der Waals surface area contributed by atoms with E-state index in [1.54, 1.807) is 12.1 Å². The second-order valence-electron chi connectivity index (χ2n) is 6.68. The van der Waals surface area contributed by atoms with Gasteiger partial charge in [0.1, 0.15) is 12.6 Å². The number of methoxy groups -OCH3 is 1. The number of carbonyl (C=O) groups excluding carboxylic acids is 2. The van der Waals surface area contributed by atoms with E-state index in [2.05, 4.69) is 5.32 Å². The molecule has 1 fully saturated rings. The predicted octanol–water partition coefficient (Wildman–Crippen LogP) is 1.80. The van der Waals surface area contributed by atoms with Crippen LogP contribution in [-0.4, -0.2) is 47.6 Å². The third kappa shape index (κ3) is 3.21. The van der Waals surface area contributed by atoms with Crippen LogP contribution in [-0.2, 0) is 11.4 Å². The Labute approximate surface area is 156 Å². The zero-order valence-electron chi connectivity index (χ0n) is 14.8. The second-order valence-corrected chi connectivity index (χ2v) is 6.68. The van der Waals surface area contributed by atoms with E-state index in [9.17, 15) is 14.7 Å². The van der Waals surface area contributed by atoms with Crippen molar-refractivity contribution in [2.24, 2.45) is 0 Å². The number of rotatable bonds is 4. The zero-order chi connectivity index (χ0) is 19.0. The first-order valence-corrected chi connectivity index (χ1v) is 8.75. The average Bonchev–Trinajstić information content (AvgIpc) is 3.05. The summed E-state index contributed by atoms with van der Waals surface area (Å²) in [5.74, 6) is 0.233. The topological polar surface area (TPSA) is 88.1 Å². The highest BCUT2D eigenvalue weighted by molar-refractivity contribution is 6.10. The summed E-state index contributed by atoms with van der Waals surface area (Å²) in [4.78, 5) is 26.8. The van der Waals surface area contributed by atoms with Crippen LogP contribution < -0.4 is 14.8 Å². The van der Waals surface area contributed by atoms with E-state index in [-0.39, 0.29) is 24.8 Å². The molecule has 2 atom stereocenters. The highest BCUT2D eigenvalue weighted by Crippen LogP contribution is 2.37. The van der Waals surface area contributed by atoms with Gasteiger partial charge in [0.2, 0.25) is 5.91 Å². The lowest BCUT2D eigenvalue weighted by Gasteiger charge is -2.20. The standard InChI is InChI=1S/C20H20N2O5/c1-26-17-8-14-15(9-18(17)27-11-12-5-3-2-4-6-12)21-19(24)16-7-13(23)10-22(16)20(14)25/h2-6,8-9,13,16,23H,7,10-11H2,1H3,(H,21,24)/t13-,16+/m1/s1. The Hall–Kier alpha value is -3.06. The molecular formula is C20H20N2O5. The van der Waals surface area contributed by atoms with Crippen LogP contribution in [0.5, 0.6) is 11.5 Å². The van der Waals surface area contributed by atoms with Crippen LogP contribution in [0.2, 0.25) is 0 Å². The van der Waals surface area contributed by atoms with Gasteiger partial charge in [-0.2, -0.15) is 0 Å². The Morgan fingerprint density at radius 3 is 2.70 bits per heavy atom. The molecule has 2 aromatic rings. The van der Waals surface area contributed by atoms with E-state index in [1.165, 1.54) is 12.0 Å². The molecule has 2 heterocycles. The lowest BCUT2D eigenvalue weighted by Crippen LogP contribution is -2.40. The Balaban J connectivity index is 1.66. The van der Waals surface area contributed by atoms with E-state index in [1.807, 2.05) is 30.3 Å². The molecule has 2 aliphatic rings. The molecule has 0 radical (unpaired) electrons. The summed E-state index contributed by atoms with van der Waals surface area (Å²) in [5.41, 5.74) is 1.70. The molecule has 0 aromatic heterocycles. The lowest BCUT2D eigenvalue weighted by molar-refractivity contribution is -0.119. The van der Waals surface area contributed by atoms with Crippen LogP contribution in [0.15, 0.2) is 42.5 Å². The van der Waals surface area contributed by atoms with E-state index < -0.39 is 12.1 Å². The molecule has 7 nitrogen and oxygen atoms in total. The molecule has 0 bridgehead atoms. The predicted molar refractivity (Wildman–Crippen MR) is 97.8 cm³/mol. The first-order valence-electron chi connectivity index (χ1n) is 8.75. The van der Waals surface area contributed by atoms with Crippen molar-refractivity contribution in [2.45, 2.75) is 25.2 Å². The number of nitrogens with zero attached hydrogens (tertiary/aromatic N) is 1. The molecule has 2 aromatic carbocycles. The number of anilines is 1. The number of ether oxygens (including phenoxy) is 2. The average molecular weight is 368 g/mol. The molecule has 0 spiro atoms. The number of nitrogens with one attached hydrogen (secondary N) is 1. The molecule has 7 heteroatoms. The minimum absolute atomic E-state index is 0.144. The fourth-order valence-electron chi connectivity index (χ4n) is 3.51. The fourth-order valence-corrected chi connectivity index (χ4v) is 3.51. The maximum absolute atomic E-state index is 12.9. The molecule has 2 amide bonds. The Morgan fingerprint density at radius 2 is 1.96 bits per heavy atom. The van der Waals surface area contributed by atoms with Crippen molar-refractivity contribution < 1.29 is 24.2 Å². The maximum Gasteiger partial charge on any atom is 0.256 e. The number of hydrogen-bond acceptors (Lipinski definition) is 5. The van der Waals surface area contributed by atoms with Crippen molar-refractivity contribution in [2.75, 3.05) is 19.0 Å². The van der Waals surface area contributed by atoms with Crippen LogP contribution in [0.4, 0.5) is 5.69 Å². The Bertz CT molecular complexity index is 883. The first-order chi connectivity index (χ1) is 13.1.